The van der Waals surface area contributed by atoms with Crippen LogP contribution < -0.4 is 10.6 Å². The van der Waals surface area contributed by atoms with Gasteiger partial charge in [0.25, 0.3) is 0 Å². The minimum absolute atomic E-state index is 0.410. The fourth-order valence-electron chi connectivity index (χ4n) is 1.98. The van der Waals surface area contributed by atoms with Gasteiger partial charge in [0.15, 0.2) is 0 Å². The van der Waals surface area contributed by atoms with Crippen LogP contribution in [0.25, 0.3) is 0 Å². The molecule has 1 aromatic rings. The number of aromatic nitrogens is 1. The quantitative estimate of drug-likeness (QED) is 0.490. The Kier molecular flexibility index (Phi) is 4.04. The number of piperazine rings is 1. The van der Waals surface area contributed by atoms with Crippen molar-refractivity contribution in [2.75, 3.05) is 45.2 Å². The van der Waals surface area contributed by atoms with Crippen molar-refractivity contribution < 1.29 is 0 Å². The van der Waals surface area contributed by atoms with Gasteiger partial charge in [-0.3, -0.25) is 4.99 Å². The van der Waals surface area contributed by atoms with Crippen LogP contribution >= 0.6 is 11.6 Å². The zero-order valence-corrected chi connectivity index (χ0v) is 11.5. The van der Waals surface area contributed by atoms with Gasteiger partial charge in [0.2, 0.25) is 0 Å². The van der Waals surface area contributed by atoms with Crippen LogP contribution in [0.4, 0.5) is 5.69 Å². The summed E-state index contributed by atoms with van der Waals surface area (Å²) < 4.78 is 0. The maximum atomic E-state index is 6.04. The molecule has 0 atom stereocenters. The number of aliphatic imine (C=N–C) groups is 1. The Balaban J connectivity index is 2.25. The van der Waals surface area contributed by atoms with Gasteiger partial charge < -0.3 is 15.5 Å². The lowest BCUT2D eigenvalue weighted by Crippen LogP contribution is -2.44. The van der Waals surface area contributed by atoms with Crippen LogP contribution in [-0.4, -0.2) is 56.0 Å². The van der Waals surface area contributed by atoms with Crippen LogP contribution in [0.5, 0.6) is 0 Å². The van der Waals surface area contributed by atoms with Gasteiger partial charge in [-0.25, -0.2) is 4.98 Å². The van der Waals surface area contributed by atoms with Gasteiger partial charge in [0.05, 0.1) is 0 Å². The molecule has 0 amide bonds. The predicted octanol–water partition coefficient (Wildman–Crippen LogP) is 0.822. The van der Waals surface area contributed by atoms with Gasteiger partial charge in [-0.2, -0.15) is 0 Å². The van der Waals surface area contributed by atoms with Gasteiger partial charge in [-0.15, -0.1) is 0 Å². The second kappa shape index (κ2) is 5.54. The first-order chi connectivity index (χ1) is 8.60. The van der Waals surface area contributed by atoms with E-state index in [1.807, 2.05) is 12.1 Å². The van der Waals surface area contributed by atoms with Gasteiger partial charge in [0, 0.05) is 38.9 Å². The number of amidine groups is 1. The summed E-state index contributed by atoms with van der Waals surface area (Å²) >= 11 is 6.04. The topological polar surface area (TPSA) is 57.8 Å². The molecule has 0 saturated carbocycles. The Morgan fingerprint density at radius 1 is 1.33 bits per heavy atom. The highest BCUT2D eigenvalue weighted by atomic mass is 35.5. The lowest BCUT2D eigenvalue weighted by atomic mass is 10.2. The zero-order chi connectivity index (χ0) is 13.1. The van der Waals surface area contributed by atoms with E-state index in [1.165, 1.54) is 0 Å². The summed E-state index contributed by atoms with van der Waals surface area (Å²) in [6.45, 7) is 4.07. The Bertz CT molecular complexity index is 452. The van der Waals surface area contributed by atoms with Crippen molar-refractivity contribution in [3.05, 3.63) is 23.0 Å². The fourth-order valence-corrected chi connectivity index (χ4v) is 2.18. The zero-order valence-electron chi connectivity index (χ0n) is 10.7. The number of halogens is 1. The van der Waals surface area contributed by atoms with E-state index in [0.717, 1.165) is 31.9 Å². The summed E-state index contributed by atoms with van der Waals surface area (Å²) in [6.07, 6.45) is 0. The molecular weight excluding hydrogens is 250 g/mol. The smallest absolute Gasteiger partial charge is 0.144 e. The van der Waals surface area contributed by atoms with Crippen molar-refractivity contribution in [2.24, 2.45) is 10.7 Å². The second-order valence-corrected chi connectivity index (χ2v) is 4.82. The number of anilines is 1. The average molecular weight is 268 g/mol. The molecular formula is C12H18ClN5. The minimum Gasteiger partial charge on any atom is -0.382 e. The molecule has 2 rings (SSSR count). The lowest BCUT2D eigenvalue weighted by Gasteiger charge is -2.34. The highest BCUT2D eigenvalue weighted by molar-refractivity contribution is 6.29. The number of hydrogen-bond donors (Lipinski definition) is 1. The van der Waals surface area contributed by atoms with E-state index in [2.05, 4.69) is 26.8 Å². The largest absolute Gasteiger partial charge is 0.382 e. The number of rotatable bonds is 2. The van der Waals surface area contributed by atoms with Crippen molar-refractivity contribution in [1.82, 2.24) is 9.88 Å². The Morgan fingerprint density at radius 2 is 2.00 bits per heavy atom. The van der Waals surface area contributed by atoms with Gasteiger partial charge in [0.1, 0.15) is 16.7 Å². The van der Waals surface area contributed by atoms with Crippen molar-refractivity contribution >= 4 is 23.1 Å². The molecule has 18 heavy (non-hydrogen) atoms. The minimum atomic E-state index is 0.410. The molecule has 1 aliphatic heterocycles. The SMILES string of the molecule is CN=C(N)c1cc(N2CCN(C)CC2)cc(Cl)n1. The average Bonchev–Trinajstić information content (AvgIpc) is 2.38. The van der Waals surface area contributed by atoms with Gasteiger partial charge in [-0.05, 0) is 19.2 Å². The van der Waals surface area contributed by atoms with Crippen molar-refractivity contribution in [3.63, 3.8) is 0 Å². The van der Waals surface area contributed by atoms with E-state index in [9.17, 15) is 0 Å². The molecule has 0 bridgehead atoms. The molecule has 5 nitrogen and oxygen atoms in total. The van der Waals surface area contributed by atoms with Crippen LogP contribution in [0, 0.1) is 0 Å². The molecule has 0 aromatic carbocycles. The van der Waals surface area contributed by atoms with Crippen molar-refractivity contribution in [1.29, 1.82) is 0 Å². The number of pyridine rings is 1. The molecule has 1 fully saturated rings. The number of nitrogens with zero attached hydrogens (tertiary/aromatic N) is 4. The maximum absolute atomic E-state index is 6.04. The highest BCUT2D eigenvalue weighted by Gasteiger charge is 2.16. The molecule has 1 aromatic heterocycles. The standard InChI is InChI=1S/C12H18ClN5/c1-15-12(14)10-7-9(8-11(13)16-10)18-5-3-17(2)4-6-18/h7-8H,3-6H2,1-2H3,(H2,14,15). The van der Waals surface area contributed by atoms with Crippen LogP contribution in [0.1, 0.15) is 5.69 Å². The van der Waals surface area contributed by atoms with E-state index >= 15 is 0 Å². The monoisotopic (exact) mass is 267 g/mol. The molecule has 0 radical (unpaired) electrons. The number of hydrogen-bond acceptors (Lipinski definition) is 4. The van der Waals surface area contributed by atoms with E-state index < -0.39 is 0 Å². The third kappa shape index (κ3) is 2.91. The summed E-state index contributed by atoms with van der Waals surface area (Å²) in [7, 11) is 3.78. The van der Waals surface area contributed by atoms with E-state index in [1.54, 1.807) is 7.05 Å². The van der Waals surface area contributed by atoms with Crippen LogP contribution in [0.2, 0.25) is 5.15 Å². The summed E-state index contributed by atoms with van der Waals surface area (Å²) in [5.41, 5.74) is 7.48. The summed E-state index contributed by atoms with van der Waals surface area (Å²) in [6, 6.07) is 3.82. The van der Waals surface area contributed by atoms with Crippen LogP contribution in [-0.2, 0) is 0 Å². The molecule has 0 spiro atoms. The molecule has 0 aliphatic carbocycles. The van der Waals surface area contributed by atoms with Crippen LogP contribution in [0.15, 0.2) is 17.1 Å². The van der Waals surface area contributed by atoms with Gasteiger partial charge in [-0.1, -0.05) is 11.6 Å². The third-order valence-corrected chi connectivity index (χ3v) is 3.34. The fraction of sp³-hybridized carbons (Fsp3) is 0.500. The summed E-state index contributed by atoms with van der Waals surface area (Å²) in [4.78, 5) is 12.7. The Morgan fingerprint density at radius 3 is 2.61 bits per heavy atom. The van der Waals surface area contributed by atoms with E-state index in [-0.39, 0.29) is 0 Å². The Hall–Kier alpha value is -1.33. The Labute approximate surface area is 112 Å². The van der Waals surface area contributed by atoms with E-state index in [4.69, 9.17) is 17.3 Å². The predicted molar refractivity (Wildman–Crippen MR) is 75.6 cm³/mol. The first kappa shape index (κ1) is 13.1. The van der Waals surface area contributed by atoms with Crippen molar-refractivity contribution in [3.8, 4) is 0 Å². The third-order valence-electron chi connectivity index (χ3n) is 3.15. The second-order valence-electron chi connectivity index (χ2n) is 4.43. The first-order valence-electron chi connectivity index (χ1n) is 5.94. The number of likely N-dealkylation sites (N-methyl/N-ethyl adjacent to an activating group) is 1. The molecule has 2 N–H and O–H groups in total. The molecule has 1 aliphatic rings. The molecule has 6 heteroatoms. The summed E-state index contributed by atoms with van der Waals surface area (Å²) in [5.74, 6) is 0.410. The summed E-state index contributed by atoms with van der Waals surface area (Å²) in [5, 5.41) is 0.452. The molecule has 1 saturated heterocycles. The highest BCUT2D eigenvalue weighted by Crippen LogP contribution is 2.21. The van der Waals surface area contributed by atoms with Crippen molar-refractivity contribution in [2.45, 2.75) is 0 Å². The maximum Gasteiger partial charge on any atom is 0.144 e. The van der Waals surface area contributed by atoms with Gasteiger partial charge >= 0.3 is 0 Å². The van der Waals surface area contributed by atoms with E-state index in [0.29, 0.717) is 16.7 Å². The normalized spacial score (nSPS) is 18.2. The lowest BCUT2D eigenvalue weighted by molar-refractivity contribution is 0.313. The van der Waals surface area contributed by atoms with Crippen LogP contribution in [0.3, 0.4) is 0 Å². The molecule has 0 unspecified atom stereocenters. The number of nitrogens with two attached hydrogens (primary N) is 1. The molecule has 98 valence electrons. The first-order valence-corrected chi connectivity index (χ1v) is 6.31. The molecule has 2 heterocycles.